The Kier molecular flexibility index (Phi) is 1.95. The molecular formula is C9H14N2. The first-order chi connectivity index (χ1) is 5.45. The summed E-state index contributed by atoms with van der Waals surface area (Å²) in [6.07, 6.45) is 6.83. The zero-order chi connectivity index (χ0) is 7.52. The second kappa shape index (κ2) is 3.09. The number of aromatic amines is 1. The molecule has 1 aromatic rings. The van der Waals surface area contributed by atoms with E-state index in [1.54, 1.807) is 0 Å². The van der Waals surface area contributed by atoms with E-state index in [1.165, 1.54) is 31.5 Å². The van der Waals surface area contributed by atoms with Crippen molar-refractivity contribution in [2.45, 2.75) is 19.4 Å². The lowest BCUT2D eigenvalue weighted by Gasteiger charge is -2.12. The predicted molar refractivity (Wildman–Crippen MR) is 45.3 cm³/mol. The van der Waals surface area contributed by atoms with E-state index in [0.717, 1.165) is 6.54 Å². The van der Waals surface area contributed by atoms with Crippen molar-refractivity contribution < 1.29 is 0 Å². The number of rotatable bonds is 2. The van der Waals surface area contributed by atoms with Crippen LogP contribution in [0.5, 0.6) is 0 Å². The number of nitrogens with one attached hydrogen (secondary N) is 1. The number of nitrogens with zero attached hydrogens (tertiary/aromatic N) is 1. The van der Waals surface area contributed by atoms with Crippen LogP contribution in [0.25, 0.3) is 0 Å². The first kappa shape index (κ1) is 6.92. The summed E-state index contributed by atoms with van der Waals surface area (Å²) in [6.45, 7) is 3.69. The topological polar surface area (TPSA) is 19.0 Å². The molecule has 2 rings (SSSR count). The molecule has 0 amide bonds. The van der Waals surface area contributed by atoms with Gasteiger partial charge in [-0.15, -0.1) is 0 Å². The van der Waals surface area contributed by atoms with E-state index in [2.05, 4.69) is 22.1 Å². The van der Waals surface area contributed by atoms with E-state index in [-0.39, 0.29) is 0 Å². The molecule has 0 saturated carbocycles. The Labute approximate surface area is 67.2 Å². The number of aromatic nitrogens is 1. The third-order valence-electron chi connectivity index (χ3n) is 2.27. The maximum Gasteiger partial charge on any atom is 0.0248 e. The molecule has 0 aliphatic carbocycles. The fraction of sp³-hybridized carbons (Fsp3) is 0.556. The summed E-state index contributed by atoms with van der Waals surface area (Å²) in [4.78, 5) is 5.58. The first-order valence-corrected chi connectivity index (χ1v) is 4.29. The molecular weight excluding hydrogens is 136 g/mol. The first-order valence-electron chi connectivity index (χ1n) is 4.29. The summed E-state index contributed by atoms with van der Waals surface area (Å²) in [5, 5.41) is 0. The van der Waals surface area contributed by atoms with Gasteiger partial charge in [-0.3, -0.25) is 4.90 Å². The molecule has 60 valence electrons. The average Bonchev–Trinajstić information content (AvgIpc) is 2.60. The van der Waals surface area contributed by atoms with Crippen LogP contribution in [0, 0.1) is 0 Å². The SMILES string of the molecule is c1cc(CN2CCCC2)c[nH]1. The van der Waals surface area contributed by atoms with Crippen LogP contribution >= 0.6 is 0 Å². The number of H-pyrrole nitrogens is 1. The van der Waals surface area contributed by atoms with E-state index < -0.39 is 0 Å². The lowest BCUT2D eigenvalue weighted by Crippen LogP contribution is -2.17. The maximum atomic E-state index is 3.08. The minimum absolute atomic E-state index is 1.13. The van der Waals surface area contributed by atoms with Crippen LogP contribution in [-0.4, -0.2) is 23.0 Å². The Morgan fingerprint density at radius 2 is 2.18 bits per heavy atom. The van der Waals surface area contributed by atoms with Crippen LogP contribution in [0.3, 0.4) is 0 Å². The molecule has 1 fully saturated rings. The van der Waals surface area contributed by atoms with Gasteiger partial charge in [0.25, 0.3) is 0 Å². The Morgan fingerprint density at radius 3 is 2.82 bits per heavy atom. The molecule has 2 heteroatoms. The van der Waals surface area contributed by atoms with E-state index >= 15 is 0 Å². The van der Waals surface area contributed by atoms with Crippen molar-refractivity contribution in [3.63, 3.8) is 0 Å². The van der Waals surface area contributed by atoms with Gasteiger partial charge in [-0.05, 0) is 37.6 Å². The van der Waals surface area contributed by atoms with Gasteiger partial charge in [-0.1, -0.05) is 0 Å². The number of likely N-dealkylation sites (tertiary alicyclic amines) is 1. The van der Waals surface area contributed by atoms with Crippen molar-refractivity contribution >= 4 is 0 Å². The minimum atomic E-state index is 1.13. The van der Waals surface area contributed by atoms with Gasteiger partial charge in [-0.25, -0.2) is 0 Å². The normalized spacial score (nSPS) is 19.3. The summed E-state index contributed by atoms with van der Waals surface area (Å²) in [5.74, 6) is 0. The Hall–Kier alpha value is -0.760. The number of hydrogen-bond donors (Lipinski definition) is 1. The second-order valence-corrected chi connectivity index (χ2v) is 3.20. The van der Waals surface area contributed by atoms with Crippen LogP contribution in [0.2, 0.25) is 0 Å². The molecule has 1 N–H and O–H groups in total. The standard InChI is InChI=1S/C9H14N2/c1-2-6-11(5-1)8-9-3-4-10-7-9/h3-4,7,10H,1-2,5-6,8H2. The number of hydrogen-bond acceptors (Lipinski definition) is 1. The Balaban J connectivity index is 1.90. The smallest absolute Gasteiger partial charge is 0.0248 e. The minimum Gasteiger partial charge on any atom is -0.367 e. The van der Waals surface area contributed by atoms with E-state index in [9.17, 15) is 0 Å². The van der Waals surface area contributed by atoms with Crippen molar-refractivity contribution in [2.24, 2.45) is 0 Å². The fourth-order valence-electron chi connectivity index (χ4n) is 1.66. The van der Waals surface area contributed by atoms with Crippen molar-refractivity contribution in [1.82, 2.24) is 9.88 Å². The van der Waals surface area contributed by atoms with Gasteiger partial charge in [0.2, 0.25) is 0 Å². The van der Waals surface area contributed by atoms with Crippen LogP contribution in [-0.2, 0) is 6.54 Å². The summed E-state index contributed by atoms with van der Waals surface area (Å²) >= 11 is 0. The van der Waals surface area contributed by atoms with Crippen molar-refractivity contribution in [3.05, 3.63) is 24.0 Å². The maximum absolute atomic E-state index is 3.08. The highest BCUT2D eigenvalue weighted by molar-refractivity contribution is 5.08. The summed E-state index contributed by atoms with van der Waals surface area (Å²) in [7, 11) is 0. The van der Waals surface area contributed by atoms with Crippen molar-refractivity contribution in [1.29, 1.82) is 0 Å². The quantitative estimate of drug-likeness (QED) is 0.678. The Morgan fingerprint density at radius 1 is 1.36 bits per heavy atom. The largest absolute Gasteiger partial charge is 0.367 e. The molecule has 1 saturated heterocycles. The molecule has 1 aliphatic rings. The van der Waals surface area contributed by atoms with Crippen molar-refractivity contribution in [2.75, 3.05) is 13.1 Å². The van der Waals surface area contributed by atoms with Crippen LogP contribution in [0.4, 0.5) is 0 Å². The third-order valence-corrected chi connectivity index (χ3v) is 2.27. The molecule has 0 aromatic carbocycles. The van der Waals surface area contributed by atoms with Crippen LogP contribution < -0.4 is 0 Å². The molecule has 0 spiro atoms. The van der Waals surface area contributed by atoms with E-state index in [1.807, 2.05) is 6.20 Å². The monoisotopic (exact) mass is 150 g/mol. The highest BCUT2D eigenvalue weighted by Crippen LogP contribution is 2.11. The molecule has 2 nitrogen and oxygen atoms in total. The average molecular weight is 150 g/mol. The summed E-state index contributed by atoms with van der Waals surface area (Å²) < 4.78 is 0. The summed E-state index contributed by atoms with van der Waals surface area (Å²) in [5.41, 5.74) is 1.41. The predicted octanol–water partition coefficient (Wildman–Crippen LogP) is 1.61. The van der Waals surface area contributed by atoms with Crippen LogP contribution in [0.1, 0.15) is 18.4 Å². The zero-order valence-electron chi connectivity index (χ0n) is 6.71. The highest BCUT2D eigenvalue weighted by atomic mass is 15.1. The molecule has 11 heavy (non-hydrogen) atoms. The fourth-order valence-corrected chi connectivity index (χ4v) is 1.66. The molecule has 0 unspecified atom stereocenters. The molecule has 2 heterocycles. The zero-order valence-corrected chi connectivity index (χ0v) is 6.71. The molecule has 1 aromatic heterocycles. The van der Waals surface area contributed by atoms with E-state index in [4.69, 9.17) is 0 Å². The third kappa shape index (κ3) is 1.63. The van der Waals surface area contributed by atoms with Gasteiger partial charge in [0, 0.05) is 18.9 Å². The van der Waals surface area contributed by atoms with Gasteiger partial charge in [0.1, 0.15) is 0 Å². The van der Waals surface area contributed by atoms with Gasteiger partial charge >= 0.3 is 0 Å². The van der Waals surface area contributed by atoms with Gasteiger partial charge < -0.3 is 4.98 Å². The molecule has 1 aliphatic heterocycles. The van der Waals surface area contributed by atoms with Crippen LogP contribution in [0.15, 0.2) is 18.5 Å². The Bertz CT molecular complexity index is 197. The lowest BCUT2D eigenvalue weighted by atomic mass is 10.3. The highest BCUT2D eigenvalue weighted by Gasteiger charge is 2.10. The molecule has 0 bridgehead atoms. The summed E-state index contributed by atoms with van der Waals surface area (Å²) in [6, 6.07) is 2.15. The lowest BCUT2D eigenvalue weighted by molar-refractivity contribution is 0.331. The van der Waals surface area contributed by atoms with Gasteiger partial charge in [0.05, 0.1) is 0 Å². The molecule has 0 atom stereocenters. The van der Waals surface area contributed by atoms with Gasteiger partial charge in [0.15, 0.2) is 0 Å². The van der Waals surface area contributed by atoms with Gasteiger partial charge in [-0.2, -0.15) is 0 Å². The van der Waals surface area contributed by atoms with Crippen molar-refractivity contribution in [3.8, 4) is 0 Å². The molecule has 0 radical (unpaired) electrons. The van der Waals surface area contributed by atoms with E-state index in [0.29, 0.717) is 0 Å². The second-order valence-electron chi connectivity index (χ2n) is 3.20.